The molecule has 0 aliphatic carbocycles. The lowest BCUT2D eigenvalue weighted by molar-refractivity contribution is -0.114. The molecule has 0 fully saturated rings. The van der Waals surface area contributed by atoms with E-state index < -0.39 is 5.97 Å². The number of ether oxygens (including phenoxy) is 1. The van der Waals surface area contributed by atoms with Gasteiger partial charge in [0.2, 0.25) is 0 Å². The van der Waals surface area contributed by atoms with Crippen LogP contribution < -0.4 is 4.90 Å². The van der Waals surface area contributed by atoms with Gasteiger partial charge in [0.1, 0.15) is 6.61 Å². The first-order valence-corrected chi connectivity index (χ1v) is 6.60. The van der Waals surface area contributed by atoms with Crippen LogP contribution >= 0.6 is 0 Å². The van der Waals surface area contributed by atoms with Crippen molar-refractivity contribution in [3.05, 3.63) is 42.0 Å². The number of hydrogen-bond donors (Lipinski definition) is 0. The van der Waals surface area contributed by atoms with Crippen LogP contribution in [0.4, 0.5) is 5.69 Å². The third kappa shape index (κ3) is 5.32. The number of carbonyl (C=O) groups excluding carboxylic acids is 3. The third-order valence-corrected chi connectivity index (χ3v) is 2.76. The van der Waals surface area contributed by atoms with Gasteiger partial charge < -0.3 is 9.64 Å². The fourth-order valence-electron chi connectivity index (χ4n) is 1.51. The summed E-state index contributed by atoms with van der Waals surface area (Å²) < 4.78 is 4.70. The Morgan fingerprint density at radius 1 is 1.32 bits per heavy atom. The fraction of sp³-hybridized carbons (Fsp3) is 0.250. The fourth-order valence-corrected chi connectivity index (χ4v) is 1.51. The first-order chi connectivity index (χ1) is 10.5. The highest BCUT2D eigenvalue weighted by molar-refractivity contribution is 5.97. The Bertz CT molecular complexity index is 591. The lowest BCUT2D eigenvalue weighted by atomic mass is 10.2. The van der Waals surface area contributed by atoms with E-state index >= 15 is 0 Å². The van der Waals surface area contributed by atoms with Crippen LogP contribution in [0, 0.1) is 0 Å². The van der Waals surface area contributed by atoms with Crippen molar-refractivity contribution in [2.75, 3.05) is 25.1 Å². The van der Waals surface area contributed by atoms with E-state index in [-0.39, 0.29) is 12.5 Å². The molecule has 6 heteroatoms. The Morgan fingerprint density at radius 3 is 2.50 bits per heavy atom. The van der Waals surface area contributed by atoms with Gasteiger partial charge in [0, 0.05) is 24.5 Å². The number of anilines is 1. The lowest BCUT2D eigenvalue weighted by Gasteiger charge is -2.16. The van der Waals surface area contributed by atoms with E-state index in [1.165, 1.54) is 6.21 Å². The predicted molar refractivity (Wildman–Crippen MR) is 84.4 cm³/mol. The first-order valence-electron chi connectivity index (χ1n) is 6.60. The number of esters is 1. The van der Waals surface area contributed by atoms with Crippen molar-refractivity contribution in [2.45, 2.75) is 6.92 Å². The zero-order valence-electron chi connectivity index (χ0n) is 12.6. The monoisotopic (exact) mass is 302 g/mol. The predicted octanol–water partition coefficient (Wildman–Crippen LogP) is 1.65. The van der Waals surface area contributed by atoms with E-state index in [1.807, 2.05) is 11.9 Å². The summed E-state index contributed by atoms with van der Waals surface area (Å²) >= 11 is 0. The molecule has 0 aliphatic heterocycles. The van der Waals surface area contributed by atoms with Gasteiger partial charge in [0.05, 0.1) is 12.1 Å². The van der Waals surface area contributed by atoms with Crippen LogP contribution in [0.2, 0.25) is 0 Å². The van der Waals surface area contributed by atoms with Crippen molar-refractivity contribution >= 4 is 30.1 Å². The van der Waals surface area contributed by atoms with E-state index in [1.54, 1.807) is 31.2 Å². The summed E-state index contributed by atoms with van der Waals surface area (Å²) in [5.41, 5.74) is 1.60. The molecule has 0 N–H and O–H groups in total. The van der Waals surface area contributed by atoms with Gasteiger partial charge >= 0.3 is 5.97 Å². The molecule has 0 atom stereocenters. The Kier molecular flexibility index (Phi) is 6.69. The van der Waals surface area contributed by atoms with Gasteiger partial charge in [-0.2, -0.15) is 0 Å². The number of carbonyl (C=O) groups is 3. The average molecular weight is 302 g/mol. The van der Waals surface area contributed by atoms with Crippen molar-refractivity contribution in [1.29, 1.82) is 0 Å². The minimum Gasteiger partial charge on any atom is -0.454 e. The molecule has 0 saturated heterocycles. The molecule has 0 saturated carbocycles. The summed E-state index contributed by atoms with van der Waals surface area (Å²) in [6, 6.07) is 6.70. The second kappa shape index (κ2) is 8.51. The zero-order valence-corrected chi connectivity index (χ0v) is 12.6. The molecule has 0 unspecified atom stereocenters. The van der Waals surface area contributed by atoms with Crippen LogP contribution in [0.1, 0.15) is 17.3 Å². The largest absolute Gasteiger partial charge is 0.454 e. The molecule has 1 aromatic rings. The first kappa shape index (κ1) is 17.3. The van der Waals surface area contributed by atoms with Crippen LogP contribution in [-0.2, 0) is 14.3 Å². The van der Waals surface area contributed by atoms with Crippen LogP contribution in [0.15, 0.2) is 41.4 Å². The number of rotatable bonds is 7. The number of amides is 1. The molecule has 0 aliphatic rings. The van der Waals surface area contributed by atoms with Crippen molar-refractivity contribution in [1.82, 2.24) is 0 Å². The number of aliphatic imine (C=N–C) groups is 1. The SMILES string of the molecule is C=C(C)C(=O)N=CCN(C)c1ccc(C(=O)OCC=O)cc1. The zero-order chi connectivity index (χ0) is 16.5. The topological polar surface area (TPSA) is 76.0 Å². The molecule has 1 aromatic carbocycles. The Balaban J connectivity index is 2.62. The van der Waals surface area contributed by atoms with E-state index in [2.05, 4.69) is 11.6 Å². The van der Waals surface area contributed by atoms with Gasteiger partial charge in [-0.05, 0) is 31.2 Å². The van der Waals surface area contributed by atoms with Crippen molar-refractivity contribution in [3.63, 3.8) is 0 Å². The average Bonchev–Trinajstić information content (AvgIpc) is 2.52. The highest BCUT2D eigenvalue weighted by Gasteiger charge is 2.07. The van der Waals surface area contributed by atoms with Crippen LogP contribution in [0.25, 0.3) is 0 Å². The summed E-state index contributed by atoms with van der Waals surface area (Å²) in [6.45, 7) is 5.30. The molecular weight excluding hydrogens is 284 g/mol. The number of hydrogen-bond acceptors (Lipinski definition) is 5. The third-order valence-electron chi connectivity index (χ3n) is 2.76. The van der Waals surface area contributed by atoms with Gasteiger partial charge in [-0.1, -0.05) is 6.58 Å². The normalized spacial score (nSPS) is 10.3. The van der Waals surface area contributed by atoms with Crippen molar-refractivity contribution < 1.29 is 19.1 Å². The quantitative estimate of drug-likeness (QED) is 0.331. The summed E-state index contributed by atoms with van der Waals surface area (Å²) in [4.78, 5) is 38.6. The Labute approximate surface area is 129 Å². The van der Waals surface area contributed by atoms with Crippen LogP contribution in [0.3, 0.4) is 0 Å². The molecule has 0 aromatic heterocycles. The highest BCUT2D eigenvalue weighted by Crippen LogP contribution is 2.14. The summed E-state index contributed by atoms with van der Waals surface area (Å²) in [7, 11) is 1.83. The maximum absolute atomic E-state index is 11.5. The number of benzene rings is 1. The molecule has 1 rings (SSSR count). The molecule has 6 nitrogen and oxygen atoms in total. The van der Waals surface area contributed by atoms with E-state index in [9.17, 15) is 14.4 Å². The molecule has 0 radical (unpaired) electrons. The molecule has 0 bridgehead atoms. The summed E-state index contributed by atoms with van der Waals surface area (Å²) in [6.07, 6.45) is 2.02. The molecule has 0 heterocycles. The second-order valence-corrected chi connectivity index (χ2v) is 4.59. The highest BCUT2D eigenvalue weighted by atomic mass is 16.5. The maximum Gasteiger partial charge on any atom is 0.338 e. The maximum atomic E-state index is 11.5. The number of aldehydes is 1. The summed E-state index contributed by atoms with van der Waals surface area (Å²) in [5.74, 6) is -0.892. The van der Waals surface area contributed by atoms with Gasteiger partial charge in [-0.3, -0.25) is 9.59 Å². The van der Waals surface area contributed by atoms with E-state index in [4.69, 9.17) is 4.74 Å². The van der Waals surface area contributed by atoms with Gasteiger partial charge in [0.25, 0.3) is 5.91 Å². The van der Waals surface area contributed by atoms with Gasteiger partial charge in [-0.15, -0.1) is 0 Å². The molecule has 1 amide bonds. The van der Waals surface area contributed by atoms with Crippen molar-refractivity contribution in [2.24, 2.45) is 4.99 Å². The lowest BCUT2D eigenvalue weighted by Crippen LogP contribution is -2.20. The molecular formula is C16H18N2O4. The van der Waals surface area contributed by atoms with E-state index in [0.717, 1.165) is 5.69 Å². The Hall–Kier alpha value is -2.76. The smallest absolute Gasteiger partial charge is 0.338 e. The number of nitrogens with zero attached hydrogens (tertiary/aromatic N) is 2. The molecule has 22 heavy (non-hydrogen) atoms. The van der Waals surface area contributed by atoms with E-state index in [0.29, 0.717) is 24.0 Å². The second-order valence-electron chi connectivity index (χ2n) is 4.59. The molecule has 116 valence electrons. The summed E-state index contributed by atoms with van der Waals surface area (Å²) in [5, 5.41) is 0. The van der Waals surface area contributed by atoms with Gasteiger partial charge in [-0.25, -0.2) is 9.79 Å². The van der Waals surface area contributed by atoms with Crippen LogP contribution in [-0.4, -0.2) is 44.6 Å². The minimum absolute atomic E-state index is 0.256. The minimum atomic E-state index is -0.546. The van der Waals surface area contributed by atoms with Crippen molar-refractivity contribution in [3.8, 4) is 0 Å². The standard InChI is InChI=1S/C16H18N2O4/c1-12(2)15(20)17-8-9-18(3)14-6-4-13(5-7-14)16(21)22-11-10-19/h4-8,10H,1,9,11H2,2-3H3. The Morgan fingerprint density at radius 2 is 1.95 bits per heavy atom. The molecule has 0 spiro atoms. The van der Waals surface area contributed by atoms with Gasteiger partial charge in [0.15, 0.2) is 6.29 Å². The van der Waals surface area contributed by atoms with Crippen LogP contribution in [0.5, 0.6) is 0 Å².